The molecule has 0 saturated heterocycles. The first kappa shape index (κ1) is 13.1. The van der Waals surface area contributed by atoms with Crippen molar-refractivity contribution in [2.45, 2.75) is 53.9 Å². The Hall–Kier alpha value is -0.860. The van der Waals surface area contributed by atoms with E-state index in [4.69, 9.17) is 4.84 Å². The fourth-order valence-corrected chi connectivity index (χ4v) is 0.753. The van der Waals surface area contributed by atoms with Gasteiger partial charge in [0.15, 0.2) is 0 Å². The molecule has 0 aromatic rings. The lowest BCUT2D eigenvalue weighted by atomic mass is 9.91. The van der Waals surface area contributed by atoms with Crippen LogP contribution in [0.1, 0.15) is 53.9 Å². The molecule has 0 aromatic heterocycles. The van der Waals surface area contributed by atoms with Crippen LogP contribution in [-0.2, 0) is 9.63 Å². The van der Waals surface area contributed by atoms with Gasteiger partial charge in [-0.2, -0.15) is 0 Å². The predicted octanol–water partition coefficient (Wildman–Crippen LogP) is 3.14. The molecule has 0 amide bonds. The van der Waals surface area contributed by atoms with Crippen LogP contribution < -0.4 is 0 Å². The lowest BCUT2D eigenvalue weighted by molar-refractivity contribution is -0.154. The number of hydrogen-bond acceptors (Lipinski definition) is 3. The standard InChI is InChI=1S/C11H21NO2/c1-6-9(7-2)12-14-10(13)11(4,5)8-3/h6-8H2,1-5H3. The lowest BCUT2D eigenvalue weighted by Crippen LogP contribution is -2.24. The summed E-state index contributed by atoms with van der Waals surface area (Å²) in [5, 5.41) is 3.84. The van der Waals surface area contributed by atoms with E-state index in [1.54, 1.807) is 0 Å². The average molecular weight is 199 g/mol. The maximum absolute atomic E-state index is 11.5. The van der Waals surface area contributed by atoms with Crippen LogP contribution in [0.25, 0.3) is 0 Å². The van der Waals surface area contributed by atoms with Crippen molar-refractivity contribution in [3.63, 3.8) is 0 Å². The highest BCUT2D eigenvalue weighted by atomic mass is 16.7. The lowest BCUT2D eigenvalue weighted by Gasteiger charge is -2.17. The highest BCUT2D eigenvalue weighted by molar-refractivity contribution is 5.84. The maximum atomic E-state index is 11.5. The van der Waals surface area contributed by atoms with E-state index >= 15 is 0 Å². The Morgan fingerprint density at radius 1 is 1.21 bits per heavy atom. The van der Waals surface area contributed by atoms with Gasteiger partial charge in [0.25, 0.3) is 0 Å². The van der Waals surface area contributed by atoms with Gasteiger partial charge in [-0.1, -0.05) is 25.9 Å². The summed E-state index contributed by atoms with van der Waals surface area (Å²) in [4.78, 5) is 16.4. The van der Waals surface area contributed by atoms with Gasteiger partial charge >= 0.3 is 5.97 Å². The minimum atomic E-state index is -0.434. The van der Waals surface area contributed by atoms with Gasteiger partial charge in [0.1, 0.15) is 0 Å². The Morgan fingerprint density at radius 2 is 1.71 bits per heavy atom. The predicted molar refractivity (Wildman–Crippen MR) is 58.2 cm³/mol. The molecular weight excluding hydrogens is 178 g/mol. The van der Waals surface area contributed by atoms with Gasteiger partial charge in [-0.05, 0) is 33.1 Å². The van der Waals surface area contributed by atoms with Crippen molar-refractivity contribution in [1.29, 1.82) is 0 Å². The summed E-state index contributed by atoms with van der Waals surface area (Å²) in [7, 11) is 0. The van der Waals surface area contributed by atoms with Gasteiger partial charge in [0.2, 0.25) is 0 Å². The average Bonchev–Trinajstić information content (AvgIpc) is 2.19. The Balaban J connectivity index is 4.27. The second kappa shape index (κ2) is 5.78. The first-order chi connectivity index (χ1) is 6.47. The third-order valence-electron chi connectivity index (χ3n) is 2.51. The first-order valence-electron chi connectivity index (χ1n) is 5.25. The van der Waals surface area contributed by atoms with Gasteiger partial charge < -0.3 is 4.84 Å². The normalized spacial score (nSPS) is 10.9. The second-order valence-corrected chi connectivity index (χ2v) is 3.98. The van der Waals surface area contributed by atoms with Crippen LogP contribution in [0, 0.1) is 5.41 Å². The quantitative estimate of drug-likeness (QED) is 0.387. The van der Waals surface area contributed by atoms with E-state index in [-0.39, 0.29) is 5.97 Å². The van der Waals surface area contributed by atoms with Crippen LogP contribution in [0.3, 0.4) is 0 Å². The molecule has 0 unspecified atom stereocenters. The van der Waals surface area contributed by atoms with E-state index in [1.807, 2.05) is 34.6 Å². The van der Waals surface area contributed by atoms with E-state index in [0.29, 0.717) is 0 Å². The maximum Gasteiger partial charge on any atom is 0.340 e. The SMILES string of the molecule is CCC(CC)=NOC(=O)C(C)(C)CC. The summed E-state index contributed by atoms with van der Waals surface area (Å²) in [5.74, 6) is -0.251. The summed E-state index contributed by atoms with van der Waals surface area (Å²) in [6, 6.07) is 0. The fraction of sp³-hybridized carbons (Fsp3) is 0.818. The molecule has 0 aliphatic rings. The summed E-state index contributed by atoms with van der Waals surface area (Å²) in [6.45, 7) is 9.69. The van der Waals surface area contributed by atoms with Crippen molar-refractivity contribution in [1.82, 2.24) is 0 Å². The number of nitrogens with zero attached hydrogens (tertiary/aromatic N) is 1. The minimum absolute atomic E-state index is 0.251. The molecule has 0 rings (SSSR count). The molecule has 0 aliphatic carbocycles. The van der Waals surface area contributed by atoms with E-state index in [9.17, 15) is 4.79 Å². The van der Waals surface area contributed by atoms with Crippen molar-refractivity contribution >= 4 is 11.7 Å². The third-order valence-corrected chi connectivity index (χ3v) is 2.51. The minimum Gasteiger partial charge on any atom is -0.318 e. The molecule has 0 atom stereocenters. The fourth-order valence-electron chi connectivity index (χ4n) is 0.753. The van der Waals surface area contributed by atoms with Gasteiger partial charge in [0.05, 0.1) is 11.1 Å². The van der Waals surface area contributed by atoms with Crippen molar-refractivity contribution < 1.29 is 9.63 Å². The summed E-state index contributed by atoms with van der Waals surface area (Å²) < 4.78 is 0. The highest BCUT2D eigenvalue weighted by Crippen LogP contribution is 2.21. The summed E-state index contributed by atoms with van der Waals surface area (Å²) >= 11 is 0. The largest absolute Gasteiger partial charge is 0.340 e. The molecule has 3 heteroatoms. The van der Waals surface area contributed by atoms with Gasteiger partial charge in [-0.15, -0.1) is 0 Å². The van der Waals surface area contributed by atoms with Crippen LogP contribution in [0.15, 0.2) is 5.16 Å². The zero-order valence-electron chi connectivity index (χ0n) is 9.89. The van der Waals surface area contributed by atoms with Crippen LogP contribution >= 0.6 is 0 Å². The van der Waals surface area contributed by atoms with Crippen molar-refractivity contribution in [2.24, 2.45) is 10.6 Å². The van der Waals surface area contributed by atoms with Crippen LogP contribution in [0.4, 0.5) is 0 Å². The molecule has 0 N–H and O–H groups in total. The van der Waals surface area contributed by atoms with Crippen LogP contribution in [-0.4, -0.2) is 11.7 Å². The molecule has 0 radical (unpaired) electrons. The Labute approximate surface area is 86.5 Å². The van der Waals surface area contributed by atoms with Crippen molar-refractivity contribution in [2.75, 3.05) is 0 Å². The molecule has 14 heavy (non-hydrogen) atoms. The first-order valence-corrected chi connectivity index (χ1v) is 5.25. The third kappa shape index (κ3) is 3.90. The van der Waals surface area contributed by atoms with E-state index in [2.05, 4.69) is 5.16 Å². The number of carbonyl (C=O) groups excluding carboxylic acids is 1. The molecule has 0 fully saturated rings. The van der Waals surface area contributed by atoms with Gasteiger partial charge in [0, 0.05) is 0 Å². The molecule has 0 aromatic carbocycles. The molecule has 0 spiro atoms. The smallest absolute Gasteiger partial charge is 0.318 e. The zero-order chi connectivity index (χ0) is 11.2. The van der Waals surface area contributed by atoms with Gasteiger partial charge in [-0.3, -0.25) is 0 Å². The molecule has 0 heterocycles. The topological polar surface area (TPSA) is 38.7 Å². The molecular formula is C11H21NO2. The second-order valence-electron chi connectivity index (χ2n) is 3.98. The summed E-state index contributed by atoms with van der Waals surface area (Å²) in [5.41, 5.74) is 0.487. The van der Waals surface area contributed by atoms with Crippen molar-refractivity contribution in [3.05, 3.63) is 0 Å². The number of hydrogen-bond donors (Lipinski definition) is 0. The van der Waals surface area contributed by atoms with E-state index in [1.165, 1.54) is 0 Å². The number of carbonyl (C=O) groups is 1. The van der Waals surface area contributed by atoms with Crippen molar-refractivity contribution in [3.8, 4) is 0 Å². The molecule has 82 valence electrons. The molecule has 0 saturated carbocycles. The van der Waals surface area contributed by atoms with Crippen LogP contribution in [0.5, 0.6) is 0 Å². The highest BCUT2D eigenvalue weighted by Gasteiger charge is 2.27. The Morgan fingerprint density at radius 3 is 2.07 bits per heavy atom. The number of oxime groups is 1. The molecule has 0 aliphatic heterocycles. The molecule has 0 bridgehead atoms. The molecule has 3 nitrogen and oxygen atoms in total. The van der Waals surface area contributed by atoms with Gasteiger partial charge in [-0.25, -0.2) is 4.79 Å². The van der Waals surface area contributed by atoms with E-state index < -0.39 is 5.41 Å². The summed E-state index contributed by atoms with van der Waals surface area (Å²) in [6.07, 6.45) is 2.42. The van der Waals surface area contributed by atoms with Crippen LogP contribution in [0.2, 0.25) is 0 Å². The monoisotopic (exact) mass is 199 g/mol. The Bertz CT molecular complexity index is 213. The number of rotatable bonds is 5. The zero-order valence-corrected chi connectivity index (χ0v) is 9.89. The Kier molecular flexibility index (Phi) is 5.43. The van der Waals surface area contributed by atoms with E-state index in [0.717, 1.165) is 25.0 Å².